The Morgan fingerprint density at radius 1 is 0.842 bits per heavy atom. The summed E-state index contributed by atoms with van der Waals surface area (Å²) in [5.74, 6) is 0.0629. The fourth-order valence-corrected chi connectivity index (χ4v) is 2.15. The molecule has 0 aromatic heterocycles. The summed E-state index contributed by atoms with van der Waals surface area (Å²) in [5.41, 5.74) is 2.79. The molecule has 19 heavy (non-hydrogen) atoms. The molecule has 98 valence electrons. The second kappa shape index (κ2) is 5.30. The molecule has 0 spiro atoms. The molecule has 2 heteroatoms. The van der Waals surface area contributed by atoms with Gasteiger partial charge in [0.05, 0.1) is 0 Å². The van der Waals surface area contributed by atoms with Gasteiger partial charge >= 0.3 is 0 Å². The highest BCUT2D eigenvalue weighted by molar-refractivity contribution is 9.10. The maximum Gasteiger partial charge on any atom is 0.193 e. The van der Waals surface area contributed by atoms with Gasteiger partial charge in [0.25, 0.3) is 0 Å². The lowest BCUT2D eigenvalue weighted by molar-refractivity contribution is 0.103. The van der Waals surface area contributed by atoms with Gasteiger partial charge in [-0.1, -0.05) is 61.0 Å². The number of carbonyl (C=O) groups excluding carboxylic acids is 1. The summed E-state index contributed by atoms with van der Waals surface area (Å²) < 4.78 is 0.979. The smallest absolute Gasteiger partial charge is 0.193 e. The second-order valence-corrected chi connectivity index (χ2v) is 6.58. The number of halogens is 1. The Balaban J connectivity index is 2.27. The molecular formula is C17H17BrO. The van der Waals surface area contributed by atoms with Crippen molar-refractivity contribution in [3.05, 3.63) is 69.7 Å². The van der Waals surface area contributed by atoms with E-state index >= 15 is 0 Å². The Labute approximate surface area is 122 Å². The molecule has 2 rings (SSSR count). The zero-order valence-electron chi connectivity index (χ0n) is 11.4. The van der Waals surface area contributed by atoms with Crippen LogP contribution < -0.4 is 0 Å². The molecule has 0 atom stereocenters. The van der Waals surface area contributed by atoms with Gasteiger partial charge in [-0.05, 0) is 35.2 Å². The molecule has 0 N–H and O–H groups in total. The summed E-state index contributed by atoms with van der Waals surface area (Å²) in [6.45, 7) is 6.50. The third-order valence-electron chi connectivity index (χ3n) is 3.12. The van der Waals surface area contributed by atoms with Crippen LogP contribution in [0.3, 0.4) is 0 Å². The Bertz CT molecular complexity index is 574. The monoisotopic (exact) mass is 316 g/mol. The quantitative estimate of drug-likeness (QED) is 0.714. The summed E-state index contributed by atoms with van der Waals surface area (Å²) in [6.07, 6.45) is 0. The molecule has 0 saturated carbocycles. The first-order valence-electron chi connectivity index (χ1n) is 6.29. The van der Waals surface area contributed by atoms with Crippen LogP contribution in [-0.4, -0.2) is 5.78 Å². The fraction of sp³-hybridized carbons (Fsp3) is 0.235. The van der Waals surface area contributed by atoms with Gasteiger partial charge in [0.1, 0.15) is 0 Å². The van der Waals surface area contributed by atoms with Gasteiger partial charge in [-0.2, -0.15) is 0 Å². The van der Waals surface area contributed by atoms with E-state index in [4.69, 9.17) is 0 Å². The fourth-order valence-electron chi connectivity index (χ4n) is 1.89. The van der Waals surface area contributed by atoms with Crippen LogP contribution in [0.5, 0.6) is 0 Å². The summed E-state index contributed by atoms with van der Waals surface area (Å²) in [4.78, 5) is 12.3. The second-order valence-electron chi connectivity index (χ2n) is 5.66. The summed E-state index contributed by atoms with van der Waals surface area (Å²) in [7, 11) is 0. The average molecular weight is 317 g/mol. The van der Waals surface area contributed by atoms with Crippen LogP contribution in [-0.2, 0) is 5.41 Å². The van der Waals surface area contributed by atoms with Gasteiger partial charge in [0.2, 0.25) is 0 Å². The lowest BCUT2D eigenvalue weighted by Gasteiger charge is -2.19. The van der Waals surface area contributed by atoms with Gasteiger partial charge < -0.3 is 0 Å². The molecule has 0 unspecified atom stereocenters. The third kappa shape index (κ3) is 3.32. The zero-order chi connectivity index (χ0) is 14.0. The van der Waals surface area contributed by atoms with Crippen LogP contribution in [0, 0.1) is 0 Å². The van der Waals surface area contributed by atoms with Gasteiger partial charge in [0.15, 0.2) is 5.78 Å². The van der Waals surface area contributed by atoms with E-state index < -0.39 is 0 Å². The van der Waals surface area contributed by atoms with Crippen molar-refractivity contribution in [2.75, 3.05) is 0 Å². The molecule has 2 aromatic rings. The highest BCUT2D eigenvalue weighted by atomic mass is 79.9. The highest BCUT2D eigenvalue weighted by Crippen LogP contribution is 2.23. The number of carbonyl (C=O) groups is 1. The SMILES string of the molecule is CC(C)(C)c1ccc(C(=O)c2ccc(Br)cc2)cc1. The Kier molecular flexibility index (Phi) is 3.91. The minimum atomic E-state index is 0.0629. The largest absolute Gasteiger partial charge is 0.289 e. The zero-order valence-corrected chi connectivity index (χ0v) is 13.0. The molecule has 0 saturated heterocycles. The van der Waals surface area contributed by atoms with Crippen LogP contribution >= 0.6 is 15.9 Å². The maximum absolute atomic E-state index is 12.3. The van der Waals surface area contributed by atoms with E-state index in [9.17, 15) is 4.79 Å². The number of rotatable bonds is 2. The van der Waals surface area contributed by atoms with Crippen LogP contribution in [0.1, 0.15) is 42.3 Å². The lowest BCUT2D eigenvalue weighted by atomic mass is 9.86. The molecule has 2 aromatic carbocycles. The molecule has 0 bridgehead atoms. The van der Waals surface area contributed by atoms with Crippen molar-refractivity contribution in [3.63, 3.8) is 0 Å². The average Bonchev–Trinajstić information content (AvgIpc) is 2.38. The van der Waals surface area contributed by atoms with Crippen LogP contribution in [0.15, 0.2) is 53.0 Å². The normalized spacial score (nSPS) is 11.4. The molecule has 0 radical (unpaired) electrons. The van der Waals surface area contributed by atoms with Gasteiger partial charge in [-0.25, -0.2) is 0 Å². The summed E-state index contributed by atoms with van der Waals surface area (Å²) in [6, 6.07) is 15.3. The van der Waals surface area contributed by atoms with Crippen molar-refractivity contribution in [3.8, 4) is 0 Å². The number of benzene rings is 2. The molecule has 0 heterocycles. The molecule has 0 aliphatic rings. The predicted octanol–water partition coefficient (Wildman–Crippen LogP) is 4.98. The third-order valence-corrected chi connectivity index (χ3v) is 3.65. The van der Waals surface area contributed by atoms with Crippen molar-refractivity contribution < 1.29 is 4.79 Å². The van der Waals surface area contributed by atoms with E-state index in [0.717, 1.165) is 10.0 Å². The minimum absolute atomic E-state index is 0.0629. The van der Waals surface area contributed by atoms with Crippen LogP contribution in [0.2, 0.25) is 0 Å². The number of hydrogen-bond donors (Lipinski definition) is 0. The number of ketones is 1. The van der Waals surface area contributed by atoms with Crippen molar-refractivity contribution >= 4 is 21.7 Å². The van der Waals surface area contributed by atoms with E-state index in [2.05, 4.69) is 36.7 Å². The number of hydrogen-bond acceptors (Lipinski definition) is 1. The van der Waals surface area contributed by atoms with Crippen LogP contribution in [0.25, 0.3) is 0 Å². The van der Waals surface area contributed by atoms with Crippen molar-refractivity contribution in [1.29, 1.82) is 0 Å². The molecule has 0 amide bonds. The maximum atomic E-state index is 12.3. The van der Waals surface area contributed by atoms with E-state index in [1.807, 2.05) is 48.5 Å². The van der Waals surface area contributed by atoms with E-state index in [-0.39, 0.29) is 11.2 Å². The topological polar surface area (TPSA) is 17.1 Å². The molecule has 1 nitrogen and oxygen atoms in total. The first kappa shape index (κ1) is 14.0. The Morgan fingerprint density at radius 3 is 1.68 bits per heavy atom. The first-order chi connectivity index (χ1) is 8.88. The Hall–Kier alpha value is -1.41. The standard InChI is InChI=1S/C17H17BrO/c1-17(2,3)14-8-4-12(5-9-14)16(19)13-6-10-15(18)11-7-13/h4-11H,1-3H3. The van der Waals surface area contributed by atoms with Gasteiger partial charge in [0, 0.05) is 15.6 Å². The van der Waals surface area contributed by atoms with Gasteiger partial charge in [-0.15, -0.1) is 0 Å². The molecule has 0 aliphatic heterocycles. The van der Waals surface area contributed by atoms with Crippen molar-refractivity contribution in [2.45, 2.75) is 26.2 Å². The van der Waals surface area contributed by atoms with E-state index in [1.54, 1.807) is 0 Å². The lowest BCUT2D eigenvalue weighted by Crippen LogP contribution is -2.11. The van der Waals surface area contributed by atoms with Crippen molar-refractivity contribution in [1.82, 2.24) is 0 Å². The molecule has 0 fully saturated rings. The van der Waals surface area contributed by atoms with Gasteiger partial charge in [-0.3, -0.25) is 4.79 Å². The molecular weight excluding hydrogens is 300 g/mol. The molecule has 0 aliphatic carbocycles. The minimum Gasteiger partial charge on any atom is -0.289 e. The predicted molar refractivity (Wildman–Crippen MR) is 82.7 cm³/mol. The highest BCUT2D eigenvalue weighted by Gasteiger charge is 2.14. The van der Waals surface area contributed by atoms with E-state index in [1.165, 1.54) is 5.56 Å². The Morgan fingerprint density at radius 2 is 1.26 bits per heavy atom. The first-order valence-corrected chi connectivity index (χ1v) is 7.08. The van der Waals surface area contributed by atoms with Crippen LogP contribution in [0.4, 0.5) is 0 Å². The summed E-state index contributed by atoms with van der Waals surface area (Å²) in [5, 5.41) is 0. The summed E-state index contributed by atoms with van der Waals surface area (Å²) >= 11 is 3.37. The van der Waals surface area contributed by atoms with E-state index in [0.29, 0.717) is 5.56 Å². The van der Waals surface area contributed by atoms with Crippen molar-refractivity contribution in [2.24, 2.45) is 0 Å².